The van der Waals surface area contributed by atoms with Crippen molar-refractivity contribution in [2.45, 2.75) is 25.9 Å². The predicted molar refractivity (Wildman–Crippen MR) is 84.1 cm³/mol. The van der Waals surface area contributed by atoms with Gasteiger partial charge in [-0.3, -0.25) is 9.69 Å². The zero-order valence-corrected chi connectivity index (χ0v) is 12.7. The highest BCUT2D eigenvalue weighted by Crippen LogP contribution is 2.29. The second-order valence-electron chi connectivity index (χ2n) is 5.80. The minimum atomic E-state index is -1.00. The van der Waals surface area contributed by atoms with Crippen LogP contribution in [-0.4, -0.2) is 16.8 Å². The van der Waals surface area contributed by atoms with Gasteiger partial charge in [-0.1, -0.05) is 60.2 Å². The maximum Gasteiger partial charge on any atom is 0.325 e. The van der Waals surface area contributed by atoms with Gasteiger partial charge in [0.05, 0.1) is 6.54 Å². The summed E-state index contributed by atoms with van der Waals surface area (Å²) < 4.78 is 0. The van der Waals surface area contributed by atoms with Gasteiger partial charge in [-0.15, -0.1) is 0 Å². The van der Waals surface area contributed by atoms with Crippen LogP contribution < -0.4 is 5.32 Å². The third-order valence-electron chi connectivity index (χ3n) is 4.09. The topological polar surface area (TPSA) is 49.4 Å². The summed E-state index contributed by atoms with van der Waals surface area (Å²) in [6, 6.07) is 16.8. The monoisotopic (exact) mass is 294 g/mol. The summed E-state index contributed by atoms with van der Waals surface area (Å²) >= 11 is 0. The summed E-state index contributed by atoms with van der Waals surface area (Å²) in [6.07, 6.45) is 0. The Labute approximate surface area is 129 Å². The van der Waals surface area contributed by atoms with E-state index in [1.165, 1.54) is 4.90 Å². The number of hydrogen-bond donors (Lipinski definition) is 1. The van der Waals surface area contributed by atoms with Crippen LogP contribution in [0.1, 0.15) is 23.6 Å². The van der Waals surface area contributed by atoms with E-state index in [0.717, 1.165) is 16.7 Å². The highest BCUT2D eigenvalue weighted by molar-refractivity contribution is 6.07. The minimum absolute atomic E-state index is 0.217. The van der Waals surface area contributed by atoms with E-state index < -0.39 is 5.54 Å². The van der Waals surface area contributed by atoms with Crippen molar-refractivity contribution in [3.63, 3.8) is 0 Å². The molecule has 1 aliphatic rings. The lowest BCUT2D eigenvalue weighted by Gasteiger charge is -2.22. The average molecular weight is 294 g/mol. The van der Waals surface area contributed by atoms with Crippen molar-refractivity contribution >= 4 is 11.9 Å². The van der Waals surface area contributed by atoms with Crippen molar-refractivity contribution in [1.29, 1.82) is 0 Å². The largest absolute Gasteiger partial charge is 0.325 e. The fourth-order valence-electron chi connectivity index (χ4n) is 2.69. The Hall–Kier alpha value is -2.62. The van der Waals surface area contributed by atoms with E-state index in [1.54, 1.807) is 6.92 Å². The molecule has 0 bridgehead atoms. The first-order chi connectivity index (χ1) is 10.5. The second kappa shape index (κ2) is 5.30. The van der Waals surface area contributed by atoms with Crippen molar-refractivity contribution < 1.29 is 9.59 Å². The Morgan fingerprint density at radius 2 is 1.64 bits per heavy atom. The van der Waals surface area contributed by atoms with Gasteiger partial charge in [0.15, 0.2) is 0 Å². The molecule has 3 amide bonds. The molecule has 1 atom stereocenters. The zero-order valence-electron chi connectivity index (χ0n) is 12.7. The van der Waals surface area contributed by atoms with E-state index in [9.17, 15) is 9.59 Å². The molecule has 0 radical (unpaired) electrons. The normalized spacial score (nSPS) is 21.1. The molecule has 4 heteroatoms. The van der Waals surface area contributed by atoms with Crippen molar-refractivity contribution in [1.82, 2.24) is 10.2 Å². The van der Waals surface area contributed by atoms with Gasteiger partial charge in [0.2, 0.25) is 0 Å². The van der Waals surface area contributed by atoms with Crippen molar-refractivity contribution in [3.8, 4) is 0 Å². The van der Waals surface area contributed by atoms with E-state index >= 15 is 0 Å². The van der Waals surface area contributed by atoms with Crippen molar-refractivity contribution in [3.05, 3.63) is 71.3 Å². The van der Waals surface area contributed by atoms with Crippen LogP contribution in [0.5, 0.6) is 0 Å². The first kappa shape index (κ1) is 14.3. The summed E-state index contributed by atoms with van der Waals surface area (Å²) in [5.41, 5.74) is 1.84. The lowest BCUT2D eigenvalue weighted by Crippen LogP contribution is -2.40. The maximum absolute atomic E-state index is 12.8. The molecule has 2 aromatic carbocycles. The number of nitrogens with one attached hydrogen (secondary N) is 1. The number of carbonyl (C=O) groups excluding carboxylic acids is 2. The third kappa shape index (κ3) is 2.37. The van der Waals surface area contributed by atoms with Gasteiger partial charge in [-0.05, 0) is 25.0 Å². The van der Waals surface area contributed by atoms with E-state index in [-0.39, 0.29) is 18.5 Å². The third-order valence-corrected chi connectivity index (χ3v) is 4.09. The van der Waals surface area contributed by atoms with Gasteiger partial charge in [0.1, 0.15) is 5.54 Å². The molecule has 1 N–H and O–H groups in total. The molecule has 2 aromatic rings. The van der Waals surface area contributed by atoms with Crippen LogP contribution in [0.15, 0.2) is 54.6 Å². The highest BCUT2D eigenvalue weighted by Gasteiger charge is 2.48. The Bertz CT molecular complexity index is 710. The lowest BCUT2D eigenvalue weighted by atomic mass is 9.91. The standard InChI is InChI=1S/C18H18N2O2/c1-13-8-10-15(11-9-13)18(2)16(21)20(17(22)19-18)12-14-6-4-3-5-7-14/h3-11H,12H2,1-2H3,(H,19,22)/t18-/m1/s1. The number of benzene rings is 2. The van der Waals surface area contributed by atoms with Crippen LogP contribution in [-0.2, 0) is 16.9 Å². The molecule has 112 valence electrons. The van der Waals surface area contributed by atoms with E-state index in [1.807, 2.05) is 61.5 Å². The molecule has 0 aromatic heterocycles. The predicted octanol–water partition coefficient (Wildman–Crippen LogP) is 2.96. The lowest BCUT2D eigenvalue weighted by molar-refractivity contribution is -0.131. The number of rotatable bonds is 3. The van der Waals surface area contributed by atoms with Gasteiger partial charge in [0, 0.05) is 0 Å². The molecular weight excluding hydrogens is 276 g/mol. The smallest absolute Gasteiger partial charge is 0.319 e. The number of urea groups is 1. The summed E-state index contributed by atoms with van der Waals surface area (Å²) in [5.74, 6) is -0.217. The first-order valence-corrected chi connectivity index (χ1v) is 7.26. The molecule has 0 unspecified atom stereocenters. The molecule has 0 aliphatic carbocycles. The summed E-state index contributed by atoms with van der Waals surface area (Å²) in [7, 11) is 0. The molecule has 1 heterocycles. The van der Waals surface area contributed by atoms with Gasteiger partial charge < -0.3 is 5.32 Å². The van der Waals surface area contributed by atoms with Crippen LogP contribution in [0.3, 0.4) is 0 Å². The van der Waals surface area contributed by atoms with E-state index in [2.05, 4.69) is 5.32 Å². The van der Waals surface area contributed by atoms with E-state index in [0.29, 0.717) is 0 Å². The van der Waals surface area contributed by atoms with Crippen molar-refractivity contribution in [2.24, 2.45) is 0 Å². The molecule has 1 fully saturated rings. The SMILES string of the molecule is Cc1ccc([C@@]2(C)NC(=O)N(Cc3ccccc3)C2=O)cc1. The Morgan fingerprint density at radius 3 is 2.27 bits per heavy atom. The van der Waals surface area contributed by atoms with Crippen LogP contribution in [0.4, 0.5) is 4.79 Å². The van der Waals surface area contributed by atoms with Crippen LogP contribution in [0.25, 0.3) is 0 Å². The Kier molecular flexibility index (Phi) is 3.45. The molecule has 0 spiro atoms. The molecule has 22 heavy (non-hydrogen) atoms. The second-order valence-corrected chi connectivity index (χ2v) is 5.80. The molecule has 1 saturated heterocycles. The fourth-order valence-corrected chi connectivity index (χ4v) is 2.69. The highest BCUT2D eigenvalue weighted by atomic mass is 16.2. The quantitative estimate of drug-likeness (QED) is 0.885. The Balaban J connectivity index is 1.89. The molecule has 4 nitrogen and oxygen atoms in total. The number of amides is 3. The number of imide groups is 1. The summed E-state index contributed by atoms with van der Waals surface area (Å²) in [6.45, 7) is 4.03. The van der Waals surface area contributed by atoms with Gasteiger partial charge in [-0.25, -0.2) is 4.79 Å². The maximum atomic E-state index is 12.8. The van der Waals surface area contributed by atoms with Crippen LogP contribution in [0, 0.1) is 6.92 Å². The van der Waals surface area contributed by atoms with Crippen LogP contribution in [0.2, 0.25) is 0 Å². The van der Waals surface area contributed by atoms with Gasteiger partial charge >= 0.3 is 6.03 Å². The minimum Gasteiger partial charge on any atom is -0.319 e. The zero-order chi connectivity index (χ0) is 15.7. The Morgan fingerprint density at radius 1 is 1.00 bits per heavy atom. The van der Waals surface area contributed by atoms with Crippen molar-refractivity contribution in [2.75, 3.05) is 0 Å². The van der Waals surface area contributed by atoms with Gasteiger partial charge in [0.25, 0.3) is 5.91 Å². The first-order valence-electron chi connectivity index (χ1n) is 7.26. The fraction of sp³-hybridized carbons (Fsp3) is 0.222. The van der Waals surface area contributed by atoms with E-state index in [4.69, 9.17) is 0 Å². The number of nitrogens with zero attached hydrogens (tertiary/aromatic N) is 1. The van der Waals surface area contributed by atoms with Gasteiger partial charge in [-0.2, -0.15) is 0 Å². The number of carbonyl (C=O) groups is 2. The molecule has 1 aliphatic heterocycles. The number of hydrogen-bond acceptors (Lipinski definition) is 2. The number of aryl methyl sites for hydroxylation is 1. The molecule has 3 rings (SSSR count). The summed E-state index contributed by atoms with van der Waals surface area (Å²) in [4.78, 5) is 26.3. The van der Waals surface area contributed by atoms with Crippen LogP contribution >= 0.6 is 0 Å². The summed E-state index contributed by atoms with van der Waals surface area (Å²) in [5, 5.41) is 2.82. The molecular formula is C18H18N2O2. The average Bonchev–Trinajstić information content (AvgIpc) is 2.73. The molecule has 0 saturated carbocycles.